The summed E-state index contributed by atoms with van der Waals surface area (Å²) in [4.78, 5) is 0. The zero-order valence-electron chi connectivity index (χ0n) is 17.5. The molecule has 144 valence electrons. The molecule has 0 fully saturated rings. The number of aryl methyl sites for hydroxylation is 3. The molecule has 3 aromatic rings. The van der Waals surface area contributed by atoms with Gasteiger partial charge in [-0.1, -0.05) is 56.3 Å². The monoisotopic (exact) mass is 363 g/mol. The summed E-state index contributed by atoms with van der Waals surface area (Å²) < 4.78 is 8.07. The summed E-state index contributed by atoms with van der Waals surface area (Å²) >= 11 is 0. The Labute approximate surface area is 164 Å². The van der Waals surface area contributed by atoms with Crippen molar-refractivity contribution in [2.24, 2.45) is 7.05 Å². The number of rotatable bonds is 8. The number of benzene rings is 2. The first kappa shape index (κ1) is 19.7. The van der Waals surface area contributed by atoms with Gasteiger partial charge in [0.15, 0.2) is 0 Å². The van der Waals surface area contributed by atoms with Gasteiger partial charge in [-0.15, -0.1) is 0 Å². The van der Waals surface area contributed by atoms with E-state index in [2.05, 4.69) is 87.8 Å². The average molecular weight is 364 g/mol. The van der Waals surface area contributed by atoms with Crippen LogP contribution < -0.4 is 0 Å². The van der Waals surface area contributed by atoms with Crippen LogP contribution >= 0.6 is 0 Å². The lowest BCUT2D eigenvalue weighted by atomic mass is 9.97. The molecule has 27 heavy (non-hydrogen) atoms. The number of hydrogen-bond acceptors (Lipinski definition) is 1. The molecule has 0 saturated carbocycles. The van der Waals surface area contributed by atoms with E-state index in [1.807, 2.05) is 0 Å². The van der Waals surface area contributed by atoms with Crippen LogP contribution in [0.15, 0.2) is 48.5 Å². The van der Waals surface area contributed by atoms with Gasteiger partial charge in [0.2, 0.25) is 0 Å². The van der Waals surface area contributed by atoms with E-state index in [0.717, 1.165) is 12.8 Å². The lowest BCUT2D eigenvalue weighted by Crippen LogP contribution is -2.03. The minimum Gasteiger partial charge on any atom is -0.374 e. The maximum atomic E-state index is 5.68. The smallest absolute Gasteiger partial charge is 0.0720 e. The standard InChI is InChI=1S/C25H33NO/c1-18(2)25-23(22-10-6-7-12-24(22)26(25)5)11-8-9-20-13-15-21(16-14-20)17-27-19(3)4/h6-7,10,12-16,18-19H,8-9,11,17H2,1-5H3. The third-order valence-corrected chi connectivity index (χ3v) is 5.31. The molecule has 0 N–H and O–H groups in total. The van der Waals surface area contributed by atoms with E-state index in [9.17, 15) is 0 Å². The zero-order chi connectivity index (χ0) is 19.4. The fourth-order valence-electron chi connectivity index (χ4n) is 4.02. The predicted molar refractivity (Wildman–Crippen MR) is 115 cm³/mol. The minimum atomic E-state index is 0.278. The van der Waals surface area contributed by atoms with Crippen molar-refractivity contribution >= 4 is 10.9 Å². The summed E-state index contributed by atoms with van der Waals surface area (Å²) in [5.41, 5.74) is 7.03. The van der Waals surface area contributed by atoms with Crippen molar-refractivity contribution < 1.29 is 4.74 Å². The van der Waals surface area contributed by atoms with E-state index in [1.165, 1.54) is 39.7 Å². The maximum Gasteiger partial charge on any atom is 0.0720 e. The Morgan fingerprint density at radius 2 is 1.52 bits per heavy atom. The highest BCUT2D eigenvalue weighted by atomic mass is 16.5. The van der Waals surface area contributed by atoms with Crippen molar-refractivity contribution in [1.29, 1.82) is 0 Å². The molecule has 3 rings (SSSR count). The molecule has 0 aliphatic carbocycles. The van der Waals surface area contributed by atoms with Crippen LogP contribution in [0.2, 0.25) is 0 Å². The van der Waals surface area contributed by atoms with Crippen LogP contribution in [0.4, 0.5) is 0 Å². The largest absolute Gasteiger partial charge is 0.374 e. The average Bonchev–Trinajstić information content (AvgIpc) is 2.94. The van der Waals surface area contributed by atoms with Crippen LogP contribution in [0.3, 0.4) is 0 Å². The normalized spacial score (nSPS) is 11.8. The van der Waals surface area contributed by atoms with E-state index in [1.54, 1.807) is 0 Å². The Kier molecular flexibility index (Phi) is 6.38. The molecular weight excluding hydrogens is 330 g/mol. The predicted octanol–water partition coefficient (Wildman–Crippen LogP) is 6.40. The zero-order valence-corrected chi connectivity index (χ0v) is 17.5. The molecule has 0 bridgehead atoms. The molecule has 0 unspecified atom stereocenters. The second-order valence-corrected chi connectivity index (χ2v) is 8.12. The number of para-hydroxylation sites is 1. The van der Waals surface area contributed by atoms with Gasteiger partial charge in [-0.2, -0.15) is 0 Å². The van der Waals surface area contributed by atoms with Crippen LogP contribution in [-0.2, 0) is 31.2 Å². The Balaban J connectivity index is 1.68. The fraction of sp³-hybridized carbons (Fsp3) is 0.440. The third-order valence-electron chi connectivity index (χ3n) is 5.31. The summed E-state index contributed by atoms with van der Waals surface area (Å²) in [6.45, 7) is 9.46. The summed E-state index contributed by atoms with van der Waals surface area (Å²) in [7, 11) is 2.21. The summed E-state index contributed by atoms with van der Waals surface area (Å²) in [5, 5.41) is 1.42. The molecule has 2 heteroatoms. The molecule has 1 aromatic heterocycles. The quantitative estimate of drug-likeness (QED) is 0.451. The van der Waals surface area contributed by atoms with Gasteiger partial charge in [0.25, 0.3) is 0 Å². The Bertz CT molecular complexity index is 871. The first-order chi connectivity index (χ1) is 13.0. The first-order valence-electron chi connectivity index (χ1n) is 10.2. The van der Waals surface area contributed by atoms with Gasteiger partial charge in [0.05, 0.1) is 12.7 Å². The summed E-state index contributed by atoms with van der Waals surface area (Å²) in [6, 6.07) is 17.7. The lowest BCUT2D eigenvalue weighted by molar-refractivity contribution is 0.0657. The van der Waals surface area contributed by atoms with E-state index in [4.69, 9.17) is 4.74 Å². The topological polar surface area (TPSA) is 14.2 Å². The van der Waals surface area contributed by atoms with Crippen molar-refractivity contribution in [1.82, 2.24) is 4.57 Å². The Morgan fingerprint density at radius 1 is 0.852 bits per heavy atom. The molecular formula is C25H33NO. The summed E-state index contributed by atoms with van der Waals surface area (Å²) in [6.07, 6.45) is 3.70. The molecule has 0 radical (unpaired) electrons. The first-order valence-corrected chi connectivity index (χ1v) is 10.2. The molecule has 0 aliphatic heterocycles. The van der Waals surface area contributed by atoms with Crippen molar-refractivity contribution in [3.8, 4) is 0 Å². The van der Waals surface area contributed by atoms with Crippen molar-refractivity contribution in [3.05, 3.63) is 70.9 Å². The van der Waals surface area contributed by atoms with Crippen molar-refractivity contribution in [3.63, 3.8) is 0 Å². The van der Waals surface area contributed by atoms with E-state index >= 15 is 0 Å². The van der Waals surface area contributed by atoms with Crippen LogP contribution in [-0.4, -0.2) is 10.7 Å². The van der Waals surface area contributed by atoms with Crippen LogP contribution in [0.25, 0.3) is 10.9 Å². The van der Waals surface area contributed by atoms with Gasteiger partial charge in [-0.3, -0.25) is 0 Å². The molecule has 0 aliphatic rings. The van der Waals surface area contributed by atoms with Crippen molar-refractivity contribution in [2.45, 2.75) is 65.6 Å². The van der Waals surface area contributed by atoms with Gasteiger partial charge >= 0.3 is 0 Å². The Hall–Kier alpha value is -2.06. The van der Waals surface area contributed by atoms with E-state index in [-0.39, 0.29) is 6.10 Å². The molecule has 0 saturated heterocycles. The van der Waals surface area contributed by atoms with Gasteiger partial charge < -0.3 is 9.30 Å². The van der Waals surface area contributed by atoms with Crippen LogP contribution in [0.5, 0.6) is 0 Å². The SMILES string of the molecule is CC(C)OCc1ccc(CCCc2c(C(C)C)n(C)c3ccccc23)cc1. The second kappa shape index (κ2) is 8.75. The lowest BCUT2D eigenvalue weighted by Gasteiger charge is -2.12. The maximum absolute atomic E-state index is 5.68. The van der Waals surface area contributed by atoms with Gasteiger partial charge in [0, 0.05) is 23.6 Å². The highest BCUT2D eigenvalue weighted by molar-refractivity contribution is 5.85. The molecule has 0 spiro atoms. The molecule has 2 nitrogen and oxygen atoms in total. The highest BCUT2D eigenvalue weighted by Crippen LogP contribution is 2.31. The molecule has 2 aromatic carbocycles. The molecule has 0 atom stereocenters. The number of fused-ring (bicyclic) bond motifs is 1. The van der Waals surface area contributed by atoms with Gasteiger partial charge in [-0.05, 0) is 61.8 Å². The van der Waals surface area contributed by atoms with Crippen LogP contribution in [0.1, 0.15) is 62.4 Å². The van der Waals surface area contributed by atoms with Crippen LogP contribution in [0, 0.1) is 0 Å². The fourth-order valence-corrected chi connectivity index (χ4v) is 4.02. The van der Waals surface area contributed by atoms with Gasteiger partial charge in [0.1, 0.15) is 0 Å². The highest BCUT2D eigenvalue weighted by Gasteiger charge is 2.16. The van der Waals surface area contributed by atoms with E-state index < -0.39 is 0 Å². The molecule has 1 heterocycles. The number of hydrogen-bond donors (Lipinski definition) is 0. The number of aromatic nitrogens is 1. The van der Waals surface area contributed by atoms with Gasteiger partial charge in [-0.25, -0.2) is 0 Å². The van der Waals surface area contributed by atoms with Crippen molar-refractivity contribution in [2.75, 3.05) is 0 Å². The third kappa shape index (κ3) is 4.62. The number of ether oxygens (including phenoxy) is 1. The minimum absolute atomic E-state index is 0.278. The second-order valence-electron chi connectivity index (χ2n) is 8.12. The van der Waals surface area contributed by atoms with E-state index in [0.29, 0.717) is 12.5 Å². The number of nitrogens with zero attached hydrogens (tertiary/aromatic N) is 1. The molecule has 0 amide bonds. The summed E-state index contributed by atoms with van der Waals surface area (Å²) in [5.74, 6) is 0.539. The Morgan fingerprint density at radius 3 is 2.19 bits per heavy atom.